The summed E-state index contributed by atoms with van der Waals surface area (Å²) in [6.45, 7) is 0. The third kappa shape index (κ3) is 2.57. The van der Waals surface area contributed by atoms with E-state index >= 15 is 0 Å². The third-order valence-corrected chi connectivity index (χ3v) is 5.16. The number of pyridine rings is 1. The van der Waals surface area contributed by atoms with Gasteiger partial charge in [0.05, 0.1) is 18.9 Å². The summed E-state index contributed by atoms with van der Waals surface area (Å²) in [5.41, 5.74) is 3.34. The molecule has 0 aliphatic carbocycles. The van der Waals surface area contributed by atoms with Crippen LogP contribution in [-0.2, 0) is 0 Å². The average Bonchev–Trinajstić information content (AvgIpc) is 3.19. The zero-order valence-electron chi connectivity index (χ0n) is 15.3. The molecule has 3 heterocycles. The lowest BCUT2D eigenvalue weighted by Crippen LogP contribution is -2.34. The molecule has 0 saturated heterocycles. The maximum Gasteiger partial charge on any atom is 0.230 e. The Morgan fingerprint density at radius 3 is 2.71 bits per heavy atom. The molecule has 6 nitrogen and oxygen atoms in total. The summed E-state index contributed by atoms with van der Waals surface area (Å²) in [6, 6.07) is 18.9. The van der Waals surface area contributed by atoms with Gasteiger partial charge in [-0.2, -0.15) is 5.10 Å². The van der Waals surface area contributed by atoms with Crippen LogP contribution < -0.4 is 9.47 Å². The number of hydrazone groups is 1. The lowest BCUT2D eigenvalue weighted by Gasteiger charge is -2.38. The van der Waals surface area contributed by atoms with E-state index in [1.165, 1.54) is 0 Å². The smallest absolute Gasteiger partial charge is 0.230 e. The molecule has 0 saturated carbocycles. The Kier molecular flexibility index (Phi) is 3.90. The van der Waals surface area contributed by atoms with Gasteiger partial charge < -0.3 is 14.6 Å². The molecule has 2 atom stereocenters. The Labute approximate surface area is 162 Å². The molecular formula is C22H19N3O3. The van der Waals surface area contributed by atoms with Crippen molar-refractivity contribution >= 4 is 5.71 Å². The number of aromatic nitrogens is 1. The molecule has 6 heteroatoms. The second kappa shape index (κ2) is 6.56. The summed E-state index contributed by atoms with van der Waals surface area (Å²) >= 11 is 0. The Morgan fingerprint density at radius 2 is 1.93 bits per heavy atom. The highest BCUT2D eigenvalue weighted by Crippen LogP contribution is 2.50. The van der Waals surface area contributed by atoms with Gasteiger partial charge in [-0.15, -0.1) is 0 Å². The number of hydrogen-bond acceptors (Lipinski definition) is 6. The summed E-state index contributed by atoms with van der Waals surface area (Å²) in [7, 11) is 1.64. The van der Waals surface area contributed by atoms with E-state index in [9.17, 15) is 5.11 Å². The molecule has 0 radical (unpaired) electrons. The van der Waals surface area contributed by atoms with E-state index in [2.05, 4.69) is 4.98 Å². The number of rotatable bonds is 3. The zero-order chi connectivity index (χ0) is 19.1. The molecule has 3 aromatic rings. The van der Waals surface area contributed by atoms with Crippen LogP contribution in [0.4, 0.5) is 0 Å². The first-order valence-corrected chi connectivity index (χ1v) is 9.15. The Morgan fingerprint density at radius 1 is 1.07 bits per heavy atom. The van der Waals surface area contributed by atoms with Crippen LogP contribution in [0.25, 0.3) is 0 Å². The van der Waals surface area contributed by atoms with Gasteiger partial charge in [0.15, 0.2) is 11.5 Å². The molecule has 1 aromatic heterocycles. The fourth-order valence-corrected chi connectivity index (χ4v) is 3.84. The van der Waals surface area contributed by atoms with Crippen molar-refractivity contribution in [2.45, 2.75) is 18.7 Å². The number of fused-ring (bicyclic) bond motifs is 3. The molecule has 0 unspecified atom stereocenters. The van der Waals surface area contributed by atoms with Crippen LogP contribution in [-0.4, -0.2) is 27.9 Å². The highest BCUT2D eigenvalue weighted by molar-refractivity contribution is 6.04. The molecule has 140 valence electrons. The number of nitrogens with zero attached hydrogens (tertiary/aromatic N) is 3. The van der Waals surface area contributed by atoms with Crippen molar-refractivity contribution in [3.63, 3.8) is 0 Å². The second-order valence-electron chi connectivity index (χ2n) is 6.77. The summed E-state index contributed by atoms with van der Waals surface area (Å²) < 4.78 is 11.9. The van der Waals surface area contributed by atoms with E-state index in [0.29, 0.717) is 12.2 Å². The zero-order valence-corrected chi connectivity index (χ0v) is 15.3. The van der Waals surface area contributed by atoms with E-state index < -0.39 is 6.23 Å². The predicted octanol–water partition coefficient (Wildman–Crippen LogP) is 4.04. The molecular weight excluding hydrogens is 354 g/mol. The van der Waals surface area contributed by atoms with Crippen molar-refractivity contribution in [3.8, 4) is 17.2 Å². The largest absolute Gasteiger partial charge is 0.507 e. The second-order valence-corrected chi connectivity index (χ2v) is 6.77. The number of hydrogen-bond donors (Lipinski definition) is 1. The number of phenolic OH excluding ortho intramolecular Hbond substituents is 1. The van der Waals surface area contributed by atoms with E-state index in [0.717, 1.165) is 28.3 Å². The predicted molar refractivity (Wildman–Crippen MR) is 104 cm³/mol. The van der Waals surface area contributed by atoms with Gasteiger partial charge in [0.1, 0.15) is 11.4 Å². The van der Waals surface area contributed by atoms with Gasteiger partial charge in [-0.3, -0.25) is 4.98 Å². The van der Waals surface area contributed by atoms with Crippen LogP contribution in [0.5, 0.6) is 17.2 Å². The van der Waals surface area contributed by atoms with E-state index in [1.54, 1.807) is 19.4 Å². The molecule has 1 N–H and O–H groups in total. The van der Waals surface area contributed by atoms with Gasteiger partial charge in [0.25, 0.3) is 0 Å². The topological polar surface area (TPSA) is 67.2 Å². The first kappa shape index (κ1) is 16.6. The highest BCUT2D eigenvalue weighted by atomic mass is 16.5. The van der Waals surface area contributed by atoms with E-state index in [1.807, 2.05) is 59.6 Å². The van der Waals surface area contributed by atoms with Crippen LogP contribution in [0.15, 0.2) is 72.0 Å². The van der Waals surface area contributed by atoms with E-state index in [-0.39, 0.29) is 11.8 Å². The Balaban J connectivity index is 1.64. The summed E-state index contributed by atoms with van der Waals surface area (Å²) in [4.78, 5) is 4.48. The maximum atomic E-state index is 10.3. The molecule has 28 heavy (non-hydrogen) atoms. The fraction of sp³-hybridized carbons (Fsp3) is 0.182. The quantitative estimate of drug-likeness (QED) is 0.751. The lowest BCUT2D eigenvalue weighted by molar-refractivity contribution is -0.0236. The monoisotopic (exact) mass is 373 g/mol. The summed E-state index contributed by atoms with van der Waals surface area (Å²) in [5, 5.41) is 17.1. The van der Waals surface area contributed by atoms with Gasteiger partial charge in [0, 0.05) is 23.7 Å². The van der Waals surface area contributed by atoms with Crippen molar-refractivity contribution in [1.29, 1.82) is 0 Å². The molecule has 0 amide bonds. The molecule has 5 rings (SSSR count). The number of para-hydroxylation sites is 2. The maximum absolute atomic E-state index is 10.3. The van der Waals surface area contributed by atoms with E-state index in [4.69, 9.17) is 14.6 Å². The first-order chi connectivity index (χ1) is 13.8. The molecule has 0 spiro atoms. The number of methoxy groups -OCH3 is 1. The summed E-state index contributed by atoms with van der Waals surface area (Å²) in [5.74, 6) is 1.63. The Bertz CT molecular complexity index is 1050. The minimum absolute atomic E-state index is 0.0273. The minimum atomic E-state index is -0.474. The average molecular weight is 373 g/mol. The van der Waals surface area contributed by atoms with Crippen LogP contribution in [0, 0.1) is 0 Å². The number of phenols is 1. The van der Waals surface area contributed by atoms with Crippen LogP contribution >= 0.6 is 0 Å². The van der Waals surface area contributed by atoms with Crippen LogP contribution in [0.2, 0.25) is 0 Å². The van der Waals surface area contributed by atoms with Gasteiger partial charge in [-0.25, -0.2) is 5.01 Å². The van der Waals surface area contributed by atoms with Crippen LogP contribution in [0.1, 0.15) is 35.5 Å². The number of ether oxygens (including phenoxy) is 2. The van der Waals surface area contributed by atoms with Crippen molar-refractivity contribution in [3.05, 3.63) is 83.7 Å². The number of aromatic hydroxyl groups is 1. The van der Waals surface area contributed by atoms with Crippen molar-refractivity contribution in [2.75, 3.05) is 7.11 Å². The van der Waals surface area contributed by atoms with Gasteiger partial charge >= 0.3 is 0 Å². The lowest BCUT2D eigenvalue weighted by atomic mass is 9.95. The summed E-state index contributed by atoms with van der Waals surface area (Å²) in [6.07, 6.45) is 1.93. The standard InChI is InChI=1S/C22H19N3O3/c1-27-20-11-6-8-15-18-13-17(14-7-2-3-10-19(14)26)24-25(18)22(28-21(15)20)16-9-4-5-12-23-16/h2-12,18,22,26H,13H2,1H3/t18-,22+/m1/s1. The van der Waals surface area contributed by atoms with Crippen molar-refractivity contribution in [2.24, 2.45) is 5.10 Å². The molecule has 2 aromatic carbocycles. The molecule has 0 bridgehead atoms. The molecule has 2 aliphatic heterocycles. The first-order valence-electron chi connectivity index (χ1n) is 9.15. The van der Waals surface area contributed by atoms with Crippen LogP contribution in [0.3, 0.4) is 0 Å². The fourth-order valence-electron chi connectivity index (χ4n) is 3.84. The van der Waals surface area contributed by atoms with Gasteiger partial charge in [-0.05, 0) is 30.3 Å². The van der Waals surface area contributed by atoms with Gasteiger partial charge in [-0.1, -0.05) is 30.3 Å². The third-order valence-electron chi connectivity index (χ3n) is 5.16. The molecule has 0 fully saturated rings. The van der Waals surface area contributed by atoms with Gasteiger partial charge in [0.2, 0.25) is 6.23 Å². The number of benzene rings is 2. The Hall–Kier alpha value is -3.54. The SMILES string of the molecule is COc1cccc2c1O[C@@H](c1ccccn1)N1N=C(c3ccccc3O)C[C@H]21. The molecule has 2 aliphatic rings. The van der Waals surface area contributed by atoms with Crippen molar-refractivity contribution in [1.82, 2.24) is 9.99 Å². The van der Waals surface area contributed by atoms with Crippen molar-refractivity contribution < 1.29 is 14.6 Å². The minimum Gasteiger partial charge on any atom is -0.507 e. The highest BCUT2D eigenvalue weighted by Gasteiger charge is 2.42. The normalized spacial score (nSPS) is 20.0.